The van der Waals surface area contributed by atoms with Crippen LogP contribution in [-0.2, 0) is 16.1 Å². The molecule has 2 rings (SSSR count). The van der Waals surface area contributed by atoms with Crippen molar-refractivity contribution in [2.45, 2.75) is 13.5 Å². The zero-order chi connectivity index (χ0) is 22.5. The Hall–Kier alpha value is -3.70. The molecule has 0 unspecified atom stereocenters. The molecular formula is C22H22ClN3O5. The molecule has 162 valence electrons. The first kappa shape index (κ1) is 23.6. The number of alkyl carbamates (subject to hydrolysis) is 1. The second-order valence-corrected chi connectivity index (χ2v) is 6.37. The van der Waals surface area contributed by atoms with E-state index in [1.54, 1.807) is 12.1 Å². The molecule has 0 bridgehead atoms. The van der Waals surface area contributed by atoms with E-state index in [9.17, 15) is 9.59 Å². The average molecular weight is 444 g/mol. The quantitative estimate of drug-likeness (QED) is 0.334. The molecule has 0 heterocycles. The molecule has 0 saturated carbocycles. The van der Waals surface area contributed by atoms with Gasteiger partial charge >= 0.3 is 6.09 Å². The molecule has 2 amide bonds. The van der Waals surface area contributed by atoms with Gasteiger partial charge in [0, 0.05) is 0 Å². The summed E-state index contributed by atoms with van der Waals surface area (Å²) >= 11 is 6.22. The van der Waals surface area contributed by atoms with E-state index >= 15 is 0 Å². The van der Waals surface area contributed by atoms with Crippen LogP contribution < -0.4 is 20.2 Å². The van der Waals surface area contributed by atoms with Crippen LogP contribution in [0.3, 0.4) is 0 Å². The van der Waals surface area contributed by atoms with E-state index in [2.05, 4.69) is 21.8 Å². The van der Waals surface area contributed by atoms with E-state index < -0.39 is 12.0 Å². The lowest BCUT2D eigenvalue weighted by Crippen LogP contribution is -2.35. The summed E-state index contributed by atoms with van der Waals surface area (Å²) in [4.78, 5) is 23.5. The number of nitrogens with one attached hydrogen (secondary N) is 2. The summed E-state index contributed by atoms with van der Waals surface area (Å²) in [7, 11) is 0. The minimum Gasteiger partial charge on any atom is -0.490 e. The zero-order valence-corrected chi connectivity index (χ0v) is 17.6. The van der Waals surface area contributed by atoms with E-state index in [1.807, 2.05) is 37.3 Å². The smallest absolute Gasteiger partial charge is 0.407 e. The van der Waals surface area contributed by atoms with E-state index in [0.717, 1.165) is 5.56 Å². The summed E-state index contributed by atoms with van der Waals surface area (Å²) in [5.74, 6) is 2.57. The summed E-state index contributed by atoms with van der Waals surface area (Å²) in [5.41, 5.74) is 3.71. The maximum atomic E-state index is 11.8. The number of halogens is 1. The Morgan fingerprint density at radius 1 is 1.23 bits per heavy atom. The van der Waals surface area contributed by atoms with Gasteiger partial charge in [-0.25, -0.2) is 10.2 Å². The maximum Gasteiger partial charge on any atom is 0.407 e. The predicted molar refractivity (Wildman–Crippen MR) is 117 cm³/mol. The van der Waals surface area contributed by atoms with Crippen molar-refractivity contribution in [3.8, 4) is 23.8 Å². The average Bonchev–Trinajstić information content (AvgIpc) is 2.76. The first-order chi connectivity index (χ1) is 15.0. The number of ether oxygens (including phenoxy) is 3. The lowest BCUT2D eigenvalue weighted by molar-refractivity contribution is -0.120. The molecule has 2 N–H and O–H groups in total. The van der Waals surface area contributed by atoms with Crippen LogP contribution in [0.1, 0.15) is 18.1 Å². The molecule has 0 aliphatic heterocycles. The van der Waals surface area contributed by atoms with Crippen molar-refractivity contribution in [1.82, 2.24) is 10.7 Å². The van der Waals surface area contributed by atoms with Crippen LogP contribution in [-0.4, -0.2) is 38.0 Å². The summed E-state index contributed by atoms with van der Waals surface area (Å²) in [5, 5.41) is 6.47. The van der Waals surface area contributed by atoms with E-state index in [4.69, 9.17) is 32.2 Å². The highest BCUT2D eigenvalue weighted by molar-refractivity contribution is 6.32. The van der Waals surface area contributed by atoms with Crippen molar-refractivity contribution >= 4 is 29.8 Å². The number of hydrogen-bond donors (Lipinski definition) is 2. The lowest BCUT2D eigenvalue weighted by Gasteiger charge is -2.12. The van der Waals surface area contributed by atoms with Crippen molar-refractivity contribution in [3.05, 3.63) is 58.6 Å². The lowest BCUT2D eigenvalue weighted by atomic mass is 10.2. The van der Waals surface area contributed by atoms with Crippen LogP contribution in [0.4, 0.5) is 4.79 Å². The highest BCUT2D eigenvalue weighted by Crippen LogP contribution is 2.36. The zero-order valence-electron chi connectivity index (χ0n) is 16.9. The summed E-state index contributed by atoms with van der Waals surface area (Å²) in [6.07, 6.45) is 5.88. The number of amides is 2. The summed E-state index contributed by atoms with van der Waals surface area (Å²) in [6.45, 7) is 2.07. The Labute approximate surface area is 185 Å². The largest absolute Gasteiger partial charge is 0.490 e. The van der Waals surface area contributed by atoms with Crippen LogP contribution >= 0.6 is 11.6 Å². The molecule has 0 aromatic heterocycles. The van der Waals surface area contributed by atoms with E-state index in [-0.39, 0.29) is 24.8 Å². The van der Waals surface area contributed by atoms with Gasteiger partial charge < -0.3 is 19.5 Å². The normalized spacial score (nSPS) is 10.2. The Morgan fingerprint density at radius 2 is 2.00 bits per heavy atom. The molecule has 0 fully saturated rings. The second kappa shape index (κ2) is 12.8. The van der Waals surface area contributed by atoms with Crippen molar-refractivity contribution < 1.29 is 23.8 Å². The highest BCUT2D eigenvalue weighted by atomic mass is 35.5. The molecule has 2 aromatic rings. The summed E-state index contributed by atoms with van der Waals surface area (Å²) in [6, 6.07) is 12.4. The van der Waals surface area contributed by atoms with Crippen LogP contribution in [0.5, 0.6) is 11.5 Å². The molecule has 0 saturated heterocycles. The SMILES string of the molecule is C#CCOc1c(Cl)cc(/C=N\NC(=O)CNC(=O)OCc2ccccc2)cc1OCC. The Bertz CT molecular complexity index is 958. The van der Waals surface area contributed by atoms with Gasteiger partial charge in [0.2, 0.25) is 0 Å². The third-order valence-corrected chi connectivity index (χ3v) is 3.92. The van der Waals surface area contributed by atoms with Gasteiger partial charge in [-0.2, -0.15) is 5.10 Å². The van der Waals surface area contributed by atoms with Gasteiger partial charge in [0.25, 0.3) is 5.91 Å². The minimum absolute atomic E-state index is 0.0457. The fraction of sp³-hybridized carbons (Fsp3) is 0.227. The van der Waals surface area contributed by atoms with Gasteiger partial charge in [-0.15, -0.1) is 6.42 Å². The number of carbonyl (C=O) groups excluding carboxylic acids is 2. The van der Waals surface area contributed by atoms with Gasteiger partial charge in [-0.1, -0.05) is 47.9 Å². The first-order valence-corrected chi connectivity index (χ1v) is 9.70. The molecule has 0 atom stereocenters. The number of rotatable bonds is 10. The number of nitrogens with zero attached hydrogens (tertiary/aromatic N) is 1. The van der Waals surface area contributed by atoms with E-state index in [1.165, 1.54) is 6.21 Å². The topological polar surface area (TPSA) is 98.2 Å². The molecule has 0 aliphatic rings. The molecule has 9 heteroatoms. The van der Waals surface area contributed by atoms with Crippen LogP contribution in [0.25, 0.3) is 0 Å². The fourth-order valence-electron chi connectivity index (χ4n) is 2.32. The van der Waals surface area contributed by atoms with Crippen LogP contribution in [0.2, 0.25) is 5.02 Å². The fourth-order valence-corrected chi connectivity index (χ4v) is 2.60. The van der Waals surface area contributed by atoms with Crippen molar-refractivity contribution in [2.75, 3.05) is 19.8 Å². The van der Waals surface area contributed by atoms with Crippen molar-refractivity contribution in [2.24, 2.45) is 5.10 Å². The second-order valence-electron chi connectivity index (χ2n) is 5.96. The number of hydrogen-bond acceptors (Lipinski definition) is 6. The monoisotopic (exact) mass is 443 g/mol. The van der Waals surface area contributed by atoms with Gasteiger partial charge in [-0.05, 0) is 30.2 Å². The Morgan fingerprint density at radius 3 is 2.71 bits per heavy atom. The van der Waals surface area contributed by atoms with Crippen LogP contribution in [0, 0.1) is 12.3 Å². The molecule has 2 aromatic carbocycles. The minimum atomic E-state index is -0.710. The molecule has 0 aliphatic carbocycles. The number of terminal acetylenes is 1. The third kappa shape index (κ3) is 8.28. The van der Waals surface area contributed by atoms with Crippen LogP contribution in [0.15, 0.2) is 47.6 Å². The molecule has 0 radical (unpaired) electrons. The van der Waals surface area contributed by atoms with Gasteiger partial charge in [0.1, 0.15) is 19.8 Å². The Balaban J connectivity index is 1.83. The standard InChI is InChI=1S/C22H22ClN3O5/c1-3-10-30-21-18(23)11-17(12-19(21)29-4-2)13-25-26-20(27)14-24-22(28)31-15-16-8-6-5-7-9-16/h1,5-9,11-13H,4,10,14-15H2,2H3,(H,24,28)(H,26,27)/b25-13-. The van der Waals surface area contributed by atoms with Crippen molar-refractivity contribution in [3.63, 3.8) is 0 Å². The van der Waals surface area contributed by atoms with Gasteiger partial charge in [0.05, 0.1) is 17.8 Å². The molecule has 8 nitrogen and oxygen atoms in total. The van der Waals surface area contributed by atoms with Crippen molar-refractivity contribution in [1.29, 1.82) is 0 Å². The van der Waals surface area contributed by atoms with E-state index in [0.29, 0.717) is 23.7 Å². The highest BCUT2D eigenvalue weighted by Gasteiger charge is 2.12. The molecular weight excluding hydrogens is 422 g/mol. The van der Waals surface area contributed by atoms with Gasteiger partial charge in [-0.3, -0.25) is 4.79 Å². The molecule has 0 spiro atoms. The predicted octanol–water partition coefficient (Wildman–Crippen LogP) is 3.13. The maximum absolute atomic E-state index is 11.8. The number of benzene rings is 2. The summed E-state index contributed by atoms with van der Waals surface area (Å²) < 4.78 is 15.9. The first-order valence-electron chi connectivity index (χ1n) is 9.32. The third-order valence-electron chi connectivity index (χ3n) is 3.64. The molecule has 31 heavy (non-hydrogen) atoms. The van der Waals surface area contributed by atoms with Gasteiger partial charge in [0.15, 0.2) is 11.5 Å². The Kier molecular flexibility index (Phi) is 9.72. The number of hydrazone groups is 1. The number of carbonyl (C=O) groups is 2.